The van der Waals surface area contributed by atoms with Gasteiger partial charge in [-0.1, -0.05) is 25.1 Å². The fraction of sp³-hybridized carbons (Fsp3) is 0.455. The Bertz CT molecular complexity index is 352. The van der Waals surface area contributed by atoms with Crippen LogP contribution < -0.4 is 5.73 Å². The summed E-state index contributed by atoms with van der Waals surface area (Å²) in [6, 6.07) is 5.83. The smallest absolute Gasteiger partial charge is 0.144 e. The molecule has 0 aliphatic rings. The molecule has 0 atom stereocenters. The Morgan fingerprint density at radius 2 is 2.31 bits per heavy atom. The molecule has 0 saturated carbocycles. The van der Waals surface area contributed by atoms with E-state index in [1.54, 1.807) is 18.0 Å². The first-order valence-corrected chi connectivity index (χ1v) is 6.06. The van der Waals surface area contributed by atoms with Gasteiger partial charge >= 0.3 is 0 Å². The fourth-order valence-corrected chi connectivity index (χ4v) is 2.24. The second kappa shape index (κ2) is 5.75. The third-order valence-corrected chi connectivity index (χ3v) is 3.36. The standard InChI is InChI=1S/C11H17N3OS/c1-11(2,10(12)14-15)6-8-16-9-5-3-4-7-13-9/h3-5,7,15H,6,8H2,1-2H3,(H2,12,14). The molecule has 0 fully saturated rings. The molecular formula is C11H17N3OS. The van der Waals surface area contributed by atoms with Crippen LogP contribution in [0.1, 0.15) is 20.3 Å². The van der Waals surface area contributed by atoms with Crippen LogP contribution in [0.3, 0.4) is 0 Å². The summed E-state index contributed by atoms with van der Waals surface area (Å²) < 4.78 is 0. The van der Waals surface area contributed by atoms with Crippen molar-refractivity contribution in [2.75, 3.05) is 5.75 Å². The molecule has 1 rings (SSSR count). The van der Waals surface area contributed by atoms with Crippen molar-refractivity contribution in [3.63, 3.8) is 0 Å². The second-order valence-electron chi connectivity index (χ2n) is 4.14. The van der Waals surface area contributed by atoms with Crippen molar-refractivity contribution in [2.24, 2.45) is 16.3 Å². The summed E-state index contributed by atoms with van der Waals surface area (Å²) >= 11 is 1.67. The largest absolute Gasteiger partial charge is 0.409 e. The van der Waals surface area contributed by atoms with E-state index in [0.29, 0.717) is 0 Å². The predicted molar refractivity (Wildman–Crippen MR) is 66.8 cm³/mol. The maximum absolute atomic E-state index is 8.63. The zero-order valence-electron chi connectivity index (χ0n) is 9.55. The van der Waals surface area contributed by atoms with E-state index in [1.165, 1.54) is 0 Å². The normalized spacial score (nSPS) is 12.8. The van der Waals surface area contributed by atoms with Crippen LogP contribution in [0.2, 0.25) is 0 Å². The van der Waals surface area contributed by atoms with Crippen LogP contribution in [-0.2, 0) is 0 Å². The van der Waals surface area contributed by atoms with E-state index >= 15 is 0 Å². The molecule has 0 aromatic carbocycles. The van der Waals surface area contributed by atoms with Gasteiger partial charge in [-0.3, -0.25) is 0 Å². The van der Waals surface area contributed by atoms with Crippen molar-refractivity contribution < 1.29 is 5.21 Å². The molecule has 4 nitrogen and oxygen atoms in total. The summed E-state index contributed by atoms with van der Waals surface area (Å²) in [6.07, 6.45) is 2.61. The molecule has 0 radical (unpaired) electrons. The molecular weight excluding hydrogens is 222 g/mol. The molecule has 0 amide bonds. The number of rotatable bonds is 5. The zero-order valence-corrected chi connectivity index (χ0v) is 10.4. The molecule has 1 aromatic rings. The molecule has 16 heavy (non-hydrogen) atoms. The Labute approximate surface area is 99.9 Å². The highest BCUT2D eigenvalue weighted by Crippen LogP contribution is 2.25. The highest BCUT2D eigenvalue weighted by Gasteiger charge is 2.23. The van der Waals surface area contributed by atoms with Crippen LogP contribution in [0.25, 0.3) is 0 Å². The average molecular weight is 239 g/mol. The molecule has 3 N–H and O–H groups in total. The van der Waals surface area contributed by atoms with E-state index in [2.05, 4.69) is 10.1 Å². The van der Waals surface area contributed by atoms with Gasteiger partial charge in [0.05, 0.1) is 5.03 Å². The van der Waals surface area contributed by atoms with E-state index in [4.69, 9.17) is 10.9 Å². The van der Waals surface area contributed by atoms with Gasteiger partial charge in [-0.15, -0.1) is 11.8 Å². The van der Waals surface area contributed by atoms with Crippen LogP contribution >= 0.6 is 11.8 Å². The second-order valence-corrected chi connectivity index (χ2v) is 5.25. The van der Waals surface area contributed by atoms with Gasteiger partial charge in [0, 0.05) is 17.4 Å². The van der Waals surface area contributed by atoms with Gasteiger partial charge in [0.1, 0.15) is 5.84 Å². The molecule has 1 aromatic heterocycles. The Balaban J connectivity index is 2.42. The molecule has 0 aliphatic heterocycles. The lowest BCUT2D eigenvalue weighted by Gasteiger charge is -2.22. The summed E-state index contributed by atoms with van der Waals surface area (Å²) in [5.41, 5.74) is 5.32. The van der Waals surface area contributed by atoms with Crippen molar-refractivity contribution in [3.8, 4) is 0 Å². The van der Waals surface area contributed by atoms with Crippen LogP contribution in [0, 0.1) is 5.41 Å². The van der Waals surface area contributed by atoms with Crippen molar-refractivity contribution in [2.45, 2.75) is 25.3 Å². The minimum atomic E-state index is -0.281. The quantitative estimate of drug-likeness (QED) is 0.272. The number of hydrogen-bond acceptors (Lipinski definition) is 4. The maximum Gasteiger partial charge on any atom is 0.144 e. The molecule has 0 unspecified atom stereocenters. The number of amidine groups is 1. The Morgan fingerprint density at radius 3 is 2.88 bits per heavy atom. The number of aromatic nitrogens is 1. The molecule has 88 valence electrons. The van der Waals surface area contributed by atoms with Crippen LogP contribution in [0.5, 0.6) is 0 Å². The lowest BCUT2D eigenvalue weighted by molar-refractivity contribution is 0.307. The summed E-state index contributed by atoms with van der Waals surface area (Å²) in [6.45, 7) is 3.92. The van der Waals surface area contributed by atoms with E-state index < -0.39 is 0 Å². The summed E-state index contributed by atoms with van der Waals surface area (Å²) in [7, 11) is 0. The van der Waals surface area contributed by atoms with E-state index in [9.17, 15) is 0 Å². The van der Waals surface area contributed by atoms with E-state index in [1.807, 2.05) is 32.0 Å². The zero-order chi connectivity index (χ0) is 12.0. The van der Waals surface area contributed by atoms with Gasteiger partial charge in [-0.2, -0.15) is 0 Å². The molecule has 1 heterocycles. The minimum absolute atomic E-state index is 0.272. The number of nitrogens with two attached hydrogens (primary N) is 1. The van der Waals surface area contributed by atoms with Crippen molar-refractivity contribution >= 4 is 17.6 Å². The number of pyridine rings is 1. The first-order chi connectivity index (χ1) is 7.56. The number of oxime groups is 1. The topological polar surface area (TPSA) is 71.5 Å². The predicted octanol–water partition coefficient (Wildman–Crippen LogP) is 2.34. The Hall–Kier alpha value is -1.23. The Morgan fingerprint density at radius 1 is 1.56 bits per heavy atom. The molecule has 0 aliphatic carbocycles. The van der Waals surface area contributed by atoms with Crippen molar-refractivity contribution in [1.29, 1.82) is 0 Å². The monoisotopic (exact) mass is 239 g/mol. The lowest BCUT2D eigenvalue weighted by atomic mass is 9.89. The minimum Gasteiger partial charge on any atom is -0.409 e. The number of thioether (sulfide) groups is 1. The summed E-state index contributed by atoms with van der Waals surface area (Å²) in [4.78, 5) is 4.22. The van der Waals surface area contributed by atoms with Crippen LogP contribution in [0.15, 0.2) is 34.6 Å². The van der Waals surface area contributed by atoms with Crippen LogP contribution in [0.4, 0.5) is 0 Å². The highest BCUT2D eigenvalue weighted by molar-refractivity contribution is 7.99. The third kappa shape index (κ3) is 3.73. The van der Waals surface area contributed by atoms with Gasteiger partial charge in [0.25, 0.3) is 0 Å². The molecule has 0 spiro atoms. The average Bonchev–Trinajstić information content (AvgIpc) is 2.29. The van der Waals surface area contributed by atoms with Gasteiger partial charge in [-0.05, 0) is 18.6 Å². The number of nitrogens with zero attached hydrogens (tertiary/aromatic N) is 2. The third-order valence-electron chi connectivity index (χ3n) is 2.42. The lowest BCUT2D eigenvalue weighted by Crippen LogP contribution is -2.32. The van der Waals surface area contributed by atoms with Gasteiger partial charge in [0.2, 0.25) is 0 Å². The fourth-order valence-electron chi connectivity index (χ4n) is 1.11. The van der Waals surface area contributed by atoms with E-state index in [-0.39, 0.29) is 11.3 Å². The summed E-state index contributed by atoms with van der Waals surface area (Å²) in [5, 5.41) is 12.7. The van der Waals surface area contributed by atoms with Crippen LogP contribution in [-0.4, -0.2) is 21.8 Å². The van der Waals surface area contributed by atoms with Gasteiger partial charge < -0.3 is 10.9 Å². The first-order valence-electron chi connectivity index (χ1n) is 5.08. The summed E-state index contributed by atoms with van der Waals surface area (Å²) in [5.74, 6) is 1.16. The number of hydrogen-bond donors (Lipinski definition) is 2. The highest BCUT2D eigenvalue weighted by atomic mass is 32.2. The molecule has 5 heteroatoms. The van der Waals surface area contributed by atoms with Crippen molar-refractivity contribution in [3.05, 3.63) is 24.4 Å². The molecule has 0 bridgehead atoms. The van der Waals surface area contributed by atoms with Gasteiger partial charge in [0.15, 0.2) is 0 Å². The van der Waals surface area contributed by atoms with Gasteiger partial charge in [-0.25, -0.2) is 4.98 Å². The Kier molecular flexibility index (Phi) is 4.61. The van der Waals surface area contributed by atoms with Crippen molar-refractivity contribution in [1.82, 2.24) is 4.98 Å². The maximum atomic E-state index is 8.63. The SMILES string of the molecule is CC(C)(CCSc1ccccn1)C(N)=NO. The first kappa shape index (κ1) is 12.8. The molecule has 0 saturated heterocycles. The van der Waals surface area contributed by atoms with E-state index in [0.717, 1.165) is 17.2 Å².